The molecule has 22 heavy (non-hydrogen) atoms. The van der Waals surface area contributed by atoms with Crippen LogP contribution in [-0.4, -0.2) is 29.1 Å². The van der Waals surface area contributed by atoms with E-state index < -0.39 is 0 Å². The van der Waals surface area contributed by atoms with Crippen molar-refractivity contribution >= 4 is 27.4 Å². The standard InChI is InChI=1S/C17H18N4S/c18-13-6-8-21(9-7-13)16-15-14(12-4-2-1-3-5-12)10-22-17(15)20-11-19-16/h1-5,10-11,13H,6-9,18H2. The van der Waals surface area contributed by atoms with Gasteiger partial charge in [0.2, 0.25) is 0 Å². The fourth-order valence-electron chi connectivity index (χ4n) is 3.04. The number of hydrogen-bond donors (Lipinski definition) is 1. The van der Waals surface area contributed by atoms with Gasteiger partial charge < -0.3 is 10.6 Å². The summed E-state index contributed by atoms with van der Waals surface area (Å²) < 4.78 is 0. The van der Waals surface area contributed by atoms with Crippen molar-refractivity contribution in [1.82, 2.24) is 9.97 Å². The van der Waals surface area contributed by atoms with Gasteiger partial charge in [0.1, 0.15) is 17.0 Å². The van der Waals surface area contributed by atoms with E-state index in [0.29, 0.717) is 6.04 Å². The number of benzene rings is 1. The number of aromatic nitrogens is 2. The molecule has 0 atom stereocenters. The third kappa shape index (κ3) is 2.36. The number of hydrogen-bond acceptors (Lipinski definition) is 5. The zero-order valence-corrected chi connectivity index (χ0v) is 13.1. The first-order valence-corrected chi connectivity index (χ1v) is 8.49. The molecule has 112 valence electrons. The predicted octanol–water partition coefficient (Wildman–Crippen LogP) is 3.29. The van der Waals surface area contributed by atoms with Crippen LogP contribution in [0.2, 0.25) is 0 Å². The summed E-state index contributed by atoms with van der Waals surface area (Å²) in [5.74, 6) is 1.05. The van der Waals surface area contributed by atoms with Crippen LogP contribution in [0.3, 0.4) is 0 Å². The van der Waals surface area contributed by atoms with Crippen LogP contribution in [0, 0.1) is 0 Å². The fraction of sp³-hybridized carbons (Fsp3) is 0.294. The monoisotopic (exact) mass is 310 g/mol. The third-order valence-electron chi connectivity index (χ3n) is 4.27. The number of piperidine rings is 1. The van der Waals surface area contributed by atoms with Crippen molar-refractivity contribution in [2.45, 2.75) is 18.9 Å². The Hall–Kier alpha value is -1.98. The molecule has 3 aromatic rings. The van der Waals surface area contributed by atoms with Crippen molar-refractivity contribution in [3.8, 4) is 11.1 Å². The molecule has 0 unspecified atom stereocenters. The van der Waals surface area contributed by atoms with Gasteiger partial charge in [-0.2, -0.15) is 0 Å². The van der Waals surface area contributed by atoms with E-state index >= 15 is 0 Å². The smallest absolute Gasteiger partial charge is 0.141 e. The van der Waals surface area contributed by atoms with E-state index in [1.54, 1.807) is 17.7 Å². The van der Waals surface area contributed by atoms with Gasteiger partial charge in [-0.25, -0.2) is 9.97 Å². The van der Waals surface area contributed by atoms with Crippen LogP contribution in [0.1, 0.15) is 12.8 Å². The Labute approximate surface area is 133 Å². The Morgan fingerprint density at radius 2 is 1.86 bits per heavy atom. The lowest BCUT2D eigenvalue weighted by Gasteiger charge is -2.31. The molecule has 0 amide bonds. The highest BCUT2D eigenvalue weighted by molar-refractivity contribution is 7.17. The molecule has 5 heteroatoms. The van der Waals surface area contributed by atoms with Crippen molar-refractivity contribution in [1.29, 1.82) is 0 Å². The molecule has 0 radical (unpaired) electrons. The molecule has 4 rings (SSSR count). The van der Waals surface area contributed by atoms with Crippen molar-refractivity contribution in [2.24, 2.45) is 5.73 Å². The van der Waals surface area contributed by atoms with Gasteiger partial charge in [0.05, 0.1) is 5.39 Å². The summed E-state index contributed by atoms with van der Waals surface area (Å²) in [5.41, 5.74) is 8.48. The van der Waals surface area contributed by atoms with Gasteiger partial charge in [0.15, 0.2) is 0 Å². The van der Waals surface area contributed by atoms with Crippen LogP contribution in [0.5, 0.6) is 0 Å². The van der Waals surface area contributed by atoms with Crippen LogP contribution < -0.4 is 10.6 Å². The van der Waals surface area contributed by atoms with Gasteiger partial charge in [-0.05, 0) is 18.4 Å². The van der Waals surface area contributed by atoms with Gasteiger partial charge in [0, 0.05) is 30.1 Å². The van der Waals surface area contributed by atoms with Gasteiger partial charge >= 0.3 is 0 Å². The lowest BCUT2D eigenvalue weighted by molar-refractivity contribution is 0.499. The number of nitrogens with two attached hydrogens (primary N) is 1. The molecule has 1 fully saturated rings. The quantitative estimate of drug-likeness (QED) is 0.789. The van der Waals surface area contributed by atoms with E-state index in [4.69, 9.17) is 5.73 Å². The summed E-state index contributed by atoms with van der Waals surface area (Å²) in [6.07, 6.45) is 3.73. The average molecular weight is 310 g/mol. The second kappa shape index (κ2) is 5.66. The lowest BCUT2D eigenvalue weighted by atomic mass is 10.0. The minimum Gasteiger partial charge on any atom is -0.356 e. The third-order valence-corrected chi connectivity index (χ3v) is 5.16. The summed E-state index contributed by atoms with van der Waals surface area (Å²) in [6, 6.07) is 10.8. The Morgan fingerprint density at radius 3 is 2.64 bits per heavy atom. The van der Waals surface area contributed by atoms with E-state index in [-0.39, 0.29) is 0 Å². The maximum atomic E-state index is 6.03. The van der Waals surface area contributed by atoms with Crippen LogP contribution in [0.25, 0.3) is 21.3 Å². The summed E-state index contributed by atoms with van der Waals surface area (Å²) in [5, 5.41) is 3.36. The predicted molar refractivity (Wildman–Crippen MR) is 92.3 cm³/mol. The number of anilines is 1. The molecule has 3 heterocycles. The van der Waals surface area contributed by atoms with Gasteiger partial charge in [-0.15, -0.1) is 11.3 Å². The van der Waals surface area contributed by atoms with E-state index in [9.17, 15) is 0 Å². The van der Waals surface area contributed by atoms with Crippen LogP contribution in [0.4, 0.5) is 5.82 Å². The first-order valence-electron chi connectivity index (χ1n) is 7.61. The summed E-state index contributed by atoms with van der Waals surface area (Å²) in [6.45, 7) is 1.94. The Kier molecular flexibility index (Phi) is 3.52. The van der Waals surface area contributed by atoms with Crippen molar-refractivity contribution < 1.29 is 0 Å². The van der Waals surface area contributed by atoms with Gasteiger partial charge in [-0.3, -0.25) is 0 Å². The minimum absolute atomic E-state index is 0.324. The molecule has 0 aliphatic carbocycles. The molecular weight excluding hydrogens is 292 g/mol. The maximum absolute atomic E-state index is 6.03. The second-order valence-corrected chi connectivity index (χ2v) is 6.58. The lowest BCUT2D eigenvalue weighted by Crippen LogP contribution is -2.40. The van der Waals surface area contributed by atoms with Crippen molar-refractivity contribution in [3.63, 3.8) is 0 Å². The number of fused-ring (bicyclic) bond motifs is 1. The molecular formula is C17H18N4S. The molecule has 1 aromatic carbocycles. The average Bonchev–Trinajstić information content (AvgIpc) is 3.00. The first kappa shape index (κ1) is 13.7. The summed E-state index contributed by atoms with van der Waals surface area (Å²) in [4.78, 5) is 12.5. The molecule has 2 N–H and O–H groups in total. The first-order chi connectivity index (χ1) is 10.8. The SMILES string of the molecule is NC1CCN(c2ncnc3scc(-c4ccccc4)c23)CC1. The normalized spacial score (nSPS) is 16.3. The van der Waals surface area contributed by atoms with E-state index in [1.807, 2.05) is 6.07 Å². The Balaban J connectivity index is 1.83. The zero-order valence-electron chi connectivity index (χ0n) is 12.3. The molecule has 0 spiro atoms. The van der Waals surface area contributed by atoms with Crippen LogP contribution in [0.15, 0.2) is 42.0 Å². The Morgan fingerprint density at radius 1 is 1.09 bits per heavy atom. The Bertz CT molecular complexity index is 776. The number of nitrogens with zero attached hydrogens (tertiary/aromatic N) is 3. The minimum atomic E-state index is 0.324. The van der Waals surface area contributed by atoms with Gasteiger partial charge in [0.25, 0.3) is 0 Å². The molecule has 1 aliphatic rings. The molecule has 2 aromatic heterocycles. The molecule has 1 saturated heterocycles. The summed E-state index contributed by atoms with van der Waals surface area (Å²) >= 11 is 1.69. The highest BCUT2D eigenvalue weighted by Gasteiger charge is 2.21. The van der Waals surface area contributed by atoms with Crippen LogP contribution >= 0.6 is 11.3 Å². The number of thiophene rings is 1. The molecule has 1 aliphatic heterocycles. The largest absolute Gasteiger partial charge is 0.356 e. The zero-order chi connectivity index (χ0) is 14.9. The molecule has 0 saturated carbocycles. The van der Waals surface area contributed by atoms with E-state index in [0.717, 1.165) is 36.6 Å². The highest BCUT2D eigenvalue weighted by atomic mass is 32.1. The number of rotatable bonds is 2. The topological polar surface area (TPSA) is 55.0 Å². The highest BCUT2D eigenvalue weighted by Crippen LogP contribution is 2.38. The van der Waals surface area contributed by atoms with E-state index in [2.05, 4.69) is 44.5 Å². The van der Waals surface area contributed by atoms with Crippen molar-refractivity contribution in [2.75, 3.05) is 18.0 Å². The fourth-order valence-corrected chi connectivity index (χ4v) is 3.95. The maximum Gasteiger partial charge on any atom is 0.141 e. The summed E-state index contributed by atoms with van der Waals surface area (Å²) in [7, 11) is 0. The van der Waals surface area contributed by atoms with Crippen LogP contribution in [-0.2, 0) is 0 Å². The molecule has 4 nitrogen and oxygen atoms in total. The second-order valence-electron chi connectivity index (χ2n) is 5.72. The van der Waals surface area contributed by atoms with E-state index in [1.165, 1.54) is 16.5 Å². The van der Waals surface area contributed by atoms with Gasteiger partial charge in [-0.1, -0.05) is 30.3 Å². The van der Waals surface area contributed by atoms with Crippen molar-refractivity contribution in [3.05, 3.63) is 42.0 Å². The molecule has 0 bridgehead atoms.